The largest absolute Gasteiger partial charge is 0.297 e. The Kier molecular flexibility index (Phi) is 4.10. The van der Waals surface area contributed by atoms with Gasteiger partial charge < -0.3 is 0 Å². The molecular formula is C21H20N6. The van der Waals surface area contributed by atoms with Crippen molar-refractivity contribution in [3.05, 3.63) is 78.6 Å². The molecule has 6 heteroatoms. The first-order valence-corrected chi connectivity index (χ1v) is 9.24. The van der Waals surface area contributed by atoms with Crippen LogP contribution in [0.4, 0.5) is 0 Å². The highest BCUT2D eigenvalue weighted by Gasteiger charge is 2.27. The van der Waals surface area contributed by atoms with Crippen molar-refractivity contribution in [1.82, 2.24) is 29.7 Å². The predicted molar refractivity (Wildman–Crippen MR) is 103 cm³/mol. The zero-order valence-corrected chi connectivity index (χ0v) is 14.9. The second-order valence-corrected chi connectivity index (χ2v) is 7.00. The van der Waals surface area contributed by atoms with Crippen LogP contribution >= 0.6 is 0 Å². The number of rotatable bonds is 4. The number of fused-ring (bicyclic) bond motifs is 1. The van der Waals surface area contributed by atoms with E-state index in [-0.39, 0.29) is 0 Å². The van der Waals surface area contributed by atoms with E-state index in [1.54, 1.807) is 12.4 Å². The molecule has 1 aliphatic heterocycles. The molecule has 4 aromatic rings. The molecule has 0 bridgehead atoms. The van der Waals surface area contributed by atoms with Gasteiger partial charge in [0.25, 0.3) is 0 Å². The minimum Gasteiger partial charge on any atom is -0.297 e. The van der Waals surface area contributed by atoms with Crippen LogP contribution < -0.4 is 0 Å². The summed E-state index contributed by atoms with van der Waals surface area (Å²) in [6.07, 6.45) is 8.62. The zero-order chi connectivity index (χ0) is 18.1. The fraction of sp³-hybridized carbons (Fsp3) is 0.238. The molecule has 0 N–H and O–H groups in total. The number of hydrogen-bond acceptors (Lipinski definition) is 5. The molecule has 5 heterocycles. The second kappa shape index (κ2) is 6.89. The quantitative estimate of drug-likeness (QED) is 0.562. The summed E-state index contributed by atoms with van der Waals surface area (Å²) in [5.74, 6) is 0.415. The van der Waals surface area contributed by atoms with Gasteiger partial charge in [0.2, 0.25) is 0 Å². The molecule has 1 aliphatic rings. The van der Waals surface area contributed by atoms with Crippen molar-refractivity contribution in [1.29, 1.82) is 0 Å². The maximum absolute atomic E-state index is 4.51. The second-order valence-electron chi connectivity index (χ2n) is 7.00. The number of aromatic nitrogens is 5. The Morgan fingerprint density at radius 3 is 2.74 bits per heavy atom. The third-order valence-corrected chi connectivity index (χ3v) is 5.22. The Morgan fingerprint density at radius 2 is 1.89 bits per heavy atom. The Hall–Kier alpha value is -3.12. The molecule has 0 aromatic carbocycles. The van der Waals surface area contributed by atoms with E-state index in [2.05, 4.69) is 43.4 Å². The predicted octanol–water partition coefficient (Wildman–Crippen LogP) is 3.18. The van der Waals surface area contributed by atoms with Crippen molar-refractivity contribution in [2.45, 2.75) is 18.9 Å². The molecule has 27 heavy (non-hydrogen) atoms. The van der Waals surface area contributed by atoms with Crippen molar-refractivity contribution < 1.29 is 0 Å². The Labute approximate surface area is 157 Å². The zero-order valence-electron chi connectivity index (χ0n) is 14.9. The third kappa shape index (κ3) is 3.19. The van der Waals surface area contributed by atoms with Crippen molar-refractivity contribution in [3.63, 3.8) is 0 Å². The van der Waals surface area contributed by atoms with E-state index in [0.29, 0.717) is 5.92 Å². The molecule has 6 nitrogen and oxygen atoms in total. The van der Waals surface area contributed by atoms with Crippen LogP contribution in [0.1, 0.15) is 23.7 Å². The average molecular weight is 356 g/mol. The van der Waals surface area contributed by atoms with E-state index in [4.69, 9.17) is 0 Å². The smallest absolute Gasteiger partial charge is 0.0949 e. The third-order valence-electron chi connectivity index (χ3n) is 5.22. The van der Waals surface area contributed by atoms with Gasteiger partial charge in [-0.15, -0.1) is 5.10 Å². The van der Waals surface area contributed by atoms with E-state index in [1.807, 2.05) is 41.2 Å². The highest BCUT2D eigenvalue weighted by molar-refractivity contribution is 5.65. The van der Waals surface area contributed by atoms with Gasteiger partial charge in [-0.05, 0) is 48.9 Å². The van der Waals surface area contributed by atoms with Gasteiger partial charge in [0.15, 0.2) is 0 Å². The lowest BCUT2D eigenvalue weighted by atomic mass is 10.0. The van der Waals surface area contributed by atoms with Crippen LogP contribution in [0.2, 0.25) is 0 Å². The van der Waals surface area contributed by atoms with E-state index in [9.17, 15) is 0 Å². The van der Waals surface area contributed by atoms with Crippen LogP contribution in [0.15, 0.2) is 67.3 Å². The van der Waals surface area contributed by atoms with Gasteiger partial charge in [0, 0.05) is 49.4 Å². The molecule has 0 saturated carbocycles. The summed E-state index contributed by atoms with van der Waals surface area (Å²) < 4.78 is 1.90. The van der Waals surface area contributed by atoms with Crippen LogP contribution in [0.5, 0.6) is 0 Å². The first kappa shape index (κ1) is 16.1. The van der Waals surface area contributed by atoms with Crippen LogP contribution in [-0.2, 0) is 6.54 Å². The lowest BCUT2D eigenvalue weighted by Gasteiger charge is -2.14. The summed E-state index contributed by atoms with van der Waals surface area (Å²) in [6.45, 7) is 2.95. The van der Waals surface area contributed by atoms with Gasteiger partial charge in [-0.2, -0.15) is 0 Å². The normalized spacial score (nSPS) is 17.6. The number of likely N-dealkylation sites (tertiary alicyclic amines) is 1. The molecule has 0 spiro atoms. The Balaban J connectivity index is 1.36. The summed E-state index contributed by atoms with van der Waals surface area (Å²) in [5.41, 5.74) is 5.56. The maximum atomic E-state index is 4.51. The molecule has 0 amide bonds. The fourth-order valence-corrected chi connectivity index (χ4v) is 3.84. The van der Waals surface area contributed by atoms with Crippen molar-refractivity contribution in [2.24, 2.45) is 0 Å². The Morgan fingerprint density at radius 1 is 0.963 bits per heavy atom. The van der Waals surface area contributed by atoms with Gasteiger partial charge in [-0.1, -0.05) is 17.3 Å². The van der Waals surface area contributed by atoms with E-state index < -0.39 is 0 Å². The molecular weight excluding hydrogens is 336 g/mol. The molecule has 4 aromatic heterocycles. The van der Waals surface area contributed by atoms with Gasteiger partial charge in [-0.25, -0.2) is 4.52 Å². The van der Waals surface area contributed by atoms with Crippen molar-refractivity contribution >= 4 is 5.52 Å². The summed E-state index contributed by atoms with van der Waals surface area (Å²) in [6, 6.07) is 14.4. The molecule has 1 atom stereocenters. The molecule has 1 fully saturated rings. The molecule has 0 aliphatic carbocycles. The highest BCUT2D eigenvalue weighted by atomic mass is 15.4. The maximum Gasteiger partial charge on any atom is 0.0949 e. The van der Waals surface area contributed by atoms with Crippen LogP contribution in [0.25, 0.3) is 16.6 Å². The number of nitrogens with zero attached hydrogens (tertiary/aromatic N) is 6. The van der Waals surface area contributed by atoms with E-state index in [0.717, 1.165) is 54.1 Å². The number of hydrogen-bond donors (Lipinski definition) is 0. The fourth-order valence-electron chi connectivity index (χ4n) is 3.84. The van der Waals surface area contributed by atoms with Crippen LogP contribution in [0.3, 0.4) is 0 Å². The Bertz CT molecular complexity index is 1040. The average Bonchev–Trinajstić information content (AvgIpc) is 3.35. The SMILES string of the molecule is c1ccc(CN2CCC(c3nnn4cc(-c5ccncc5)ccc34)C2)nc1. The standard InChI is InChI=1S/C21H20N6/c1-2-9-23-19(3-1)15-26-12-8-18(13-26)21-20-5-4-17(14-27(20)25-24-21)16-6-10-22-11-7-16/h1-7,9-11,14,18H,8,12-13,15H2. The monoisotopic (exact) mass is 356 g/mol. The van der Waals surface area contributed by atoms with E-state index in [1.165, 1.54) is 0 Å². The van der Waals surface area contributed by atoms with Gasteiger partial charge in [0.1, 0.15) is 0 Å². The minimum absolute atomic E-state index is 0.415. The minimum atomic E-state index is 0.415. The summed E-state index contributed by atoms with van der Waals surface area (Å²) >= 11 is 0. The molecule has 1 saturated heterocycles. The van der Waals surface area contributed by atoms with Crippen LogP contribution in [0, 0.1) is 0 Å². The number of pyridine rings is 3. The first-order chi connectivity index (χ1) is 13.4. The topological polar surface area (TPSA) is 59.2 Å². The molecule has 1 unspecified atom stereocenters. The molecule has 134 valence electrons. The van der Waals surface area contributed by atoms with Crippen molar-refractivity contribution in [2.75, 3.05) is 13.1 Å². The highest BCUT2D eigenvalue weighted by Crippen LogP contribution is 2.30. The van der Waals surface area contributed by atoms with Gasteiger partial charge >= 0.3 is 0 Å². The van der Waals surface area contributed by atoms with Crippen molar-refractivity contribution in [3.8, 4) is 11.1 Å². The summed E-state index contributed by atoms with van der Waals surface area (Å²) in [4.78, 5) is 11.0. The molecule has 0 radical (unpaired) electrons. The molecule has 5 rings (SSSR count). The van der Waals surface area contributed by atoms with Gasteiger partial charge in [0.05, 0.1) is 16.9 Å². The summed E-state index contributed by atoms with van der Waals surface area (Å²) in [7, 11) is 0. The van der Waals surface area contributed by atoms with E-state index >= 15 is 0 Å². The lowest BCUT2D eigenvalue weighted by molar-refractivity contribution is 0.322. The first-order valence-electron chi connectivity index (χ1n) is 9.24. The van der Waals surface area contributed by atoms with Gasteiger partial charge in [-0.3, -0.25) is 14.9 Å². The lowest BCUT2D eigenvalue weighted by Crippen LogP contribution is -2.20. The summed E-state index contributed by atoms with van der Waals surface area (Å²) in [5, 5.41) is 8.89. The van der Waals surface area contributed by atoms with Crippen LogP contribution in [-0.4, -0.2) is 42.8 Å².